The van der Waals surface area contributed by atoms with Crippen molar-refractivity contribution >= 4 is 22.8 Å². The van der Waals surface area contributed by atoms with Crippen LogP contribution in [0.4, 0.5) is 0 Å². The van der Waals surface area contributed by atoms with Crippen molar-refractivity contribution in [3.05, 3.63) is 50.1 Å². The fourth-order valence-corrected chi connectivity index (χ4v) is 4.90. The van der Waals surface area contributed by atoms with Crippen molar-refractivity contribution in [3.63, 3.8) is 0 Å². The summed E-state index contributed by atoms with van der Waals surface area (Å²) in [6, 6.07) is 2.32. The first kappa shape index (κ1) is 15.5. The Hall–Kier alpha value is -2.01. The molecule has 126 valence electrons. The van der Waals surface area contributed by atoms with Gasteiger partial charge in [0.25, 0.3) is 5.91 Å². The van der Waals surface area contributed by atoms with Gasteiger partial charge in [-0.15, -0.1) is 11.3 Å². The van der Waals surface area contributed by atoms with Crippen molar-refractivity contribution < 1.29 is 14.3 Å². The highest BCUT2D eigenvalue weighted by Crippen LogP contribution is 2.46. The number of nitrogens with one attached hydrogen (secondary N) is 1. The molecule has 5 heteroatoms. The van der Waals surface area contributed by atoms with Gasteiger partial charge < -0.3 is 14.8 Å². The average Bonchev–Trinajstić information content (AvgIpc) is 3.05. The molecule has 0 saturated heterocycles. The van der Waals surface area contributed by atoms with E-state index in [1.807, 2.05) is 0 Å². The molecule has 1 amide bonds. The van der Waals surface area contributed by atoms with Gasteiger partial charge in [-0.25, -0.2) is 0 Å². The molecule has 0 aromatic carbocycles. The van der Waals surface area contributed by atoms with Crippen molar-refractivity contribution in [2.75, 3.05) is 14.2 Å². The van der Waals surface area contributed by atoms with Gasteiger partial charge in [0.1, 0.15) is 5.76 Å². The lowest BCUT2D eigenvalue weighted by molar-refractivity contribution is 0.0942. The zero-order valence-corrected chi connectivity index (χ0v) is 15.0. The van der Waals surface area contributed by atoms with Gasteiger partial charge in [0.05, 0.1) is 25.1 Å². The molecule has 0 fully saturated rings. The molecule has 0 bridgehead atoms. The van der Waals surface area contributed by atoms with E-state index in [0.29, 0.717) is 0 Å². The lowest BCUT2D eigenvalue weighted by Gasteiger charge is -2.36. The third kappa shape index (κ3) is 2.22. The van der Waals surface area contributed by atoms with Crippen LogP contribution in [0.25, 0.3) is 5.57 Å². The van der Waals surface area contributed by atoms with Gasteiger partial charge in [-0.1, -0.05) is 6.92 Å². The summed E-state index contributed by atoms with van der Waals surface area (Å²) in [4.78, 5) is 14.6. The summed E-state index contributed by atoms with van der Waals surface area (Å²) in [5.74, 6) is 1.75. The normalized spacial score (nSPS) is 22.4. The SMILES string of the molecule is CCc1cc2c(s1)C(=O)NC1CCC3=CC(OC)=C(OC)CC3=C21. The predicted octanol–water partition coefficient (Wildman–Crippen LogP) is 3.80. The lowest BCUT2D eigenvalue weighted by atomic mass is 9.76. The molecule has 1 aromatic heterocycles. The lowest BCUT2D eigenvalue weighted by Crippen LogP contribution is -2.42. The van der Waals surface area contributed by atoms with E-state index in [4.69, 9.17) is 9.47 Å². The Morgan fingerprint density at radius 2 is 2.17 bits per heavy atom. The Labute approximate surface area is 145 Å². The Balaban J connectivity index is 1.90. The van der Waals surface area contributed by atoms with Crippen molar-refractivity contribution in [3.8, 4) is 0 Å². The number of amides is 1. The van der Waals surface area contributed by atoms with Gasteiger partial charge in [-0.2, -0.15) is 0 Å². The number of ether oxygens (including phenoxy) is 2. The number of carbonyl (C=O) groups excluding carboxylic acids is 1. The van der Waals surface area contributed by atoms with Crippen molar-refractivity contribution in [2.24, 2.45) is 0 Å². The van der Waals surface area contributed by atoms with E-state index >= 15 is 0 Å². The third-order valence-electron chi connectivity index (χ3n) is 5.08. The number of hydrogen-bond acceptors (Lipinski definition) is 4. The molecule has 1 unspecified atom stereocenters. The summed E-state index contributed by atoms with van der Waals surface area (Å²) in [5.41, 5.74) is 5.01. The third-order valence-corrected chi connectivity index (χ3v) is 6.36. The van der Waals surface area contributed by atoms with Crippen LogP contribution in [0.2, 0.25) is 0 Å². The molecule has 2 aliphatic carbocycles. The maximum atomic E-state index is 12.5. The van der Waals surface area contributed by atoms with Crippen molar-refractivity contribution in [2.45, 2.75) is 38.6 Å². The number of allylic oxidation sites excluding steroid dienone is 3. The number of fused-ring (bicyclic) bond motifs is 4. The Morgan fingerprint density at radius 1 is 1.33 bits per heavy atom. The van der Waals surface area contributed by atoms with E-state index in [2.05, 4.69) is 24.4 Å². The number of carbonyl (C=O) groups is 1. The Morgan fingerprint density at radius 3 is 2.88 bits per heavy atom. The summed E-state index contributed by atoms with van der Waals surface area (Å²) >= 11 is 1.62. The first-order valence-electron chi connectivity index (χ1n) is 8.35. The van der Waals surface area contributed by atoms with Crippen LogP contribution in [0.15, 0.2) is 34.8 Å². The second-order valence-corrected chi connectivity index (χ2v) is 7.44. The largest absolute Gasteiger partial charge is 0.497 e. The second kappa shape index (κ2) is 5.81. The minimum Gasteiger partial charge on any atom is -0.497 e. The standard InChI is InChI=1S/C19H21NO3S/c1-4-11-8-13-17-12-9-16(23-3)15(22-2)7-10(12)5-6-14(17)20-19(21)18(13)24-11/h7-8,14H,4-6,9H2,1-3H3,(H,20,21). The topological polar surface area (TPSA) is 47.6 Å². The molecule has 1 atom stereocenters. The Kier molecular flexibility index (Phi) is 3.76. The number of hydrogen-bond donors (Lipinski definition) is 1. The van der Waals surface area contributed by atoms with E-state index in [9.17, 15) is 4.79 Å². The van der Waals surface area contributed by atoms with Gasteiger partial charge in [0, 0.05) is 16.9 Å². The van der Waals surface area contributed by atoms with Crippen LogP contribution in [0.3, 0.4) is 0 Å². The second-order valence-electron chi connectivity index (χ2n) is 6.31. The van der Waals surface area contributed by atoms with Crippen LogP contribution < -0.4 is 5.32 Å². The average molecular weight is 343 g/mol. The number of methoxy groups -OCH3 is 2. The fourth-order valence-electron chi connectivity index (χ4n) is 3.88. The zero-order chi connectivity index (χ0) is 16.8. The molecule has 1 aliphatic heterocycles. The summed E-state index contributed by atoms with van der Waals surface area (Å²) < 4.78 is 11.0. The highest BCUT2D eigenvalue weighted by Gasteiger charge is 2.37. The molecule has 0 spiro atoms. The van der Waals surface area contributed by atoms with E-state index in [-0.39, 0.29) is 11.9 Å². The van der Waals surface area contributed by atoms with E-state index in [1.165, 1.54) is 21.6 Å². The minimum absolute atomic E-state index is 0.0763. The molecular weight excluding hydrogens is 322 g/mol. The van der Waals surface area contributed by atoms with Crippen LogP contribution in [0, 0.1) is 0 Å². The van der Waals surface area contributed by atoms with E-state index in [0.717, 1.165) is 47.6 Å². The fraction of sp³-hybridized carbons (Fsp3) is 0.421. The summed E-state index contributed by atoms with van der Waals surface area (Å²) in [7, 11) is 3.37. The number of rotatable bonds is 3. The smallest absolute Gasteiger partial charge is 0.262 e. The quantitative estimate of drug-likeness (QED) is 0.908. The molecule has 1 N–H and O–H groups in total. The zero-order valence-electron chi connectivity index (χ0n) is 14.2. The molecule has 24 heavy (non-hydrogen) atoms. The highest BCUT2D eigenvalue weighted by atomic mass is 32.1. The summed E-state index contributed by atoms with van der Waals surface area (Å²) in [6.07, 6.45) is 5.67. The number of aryl methyl sites for hydroxylation is 1. The van der Waals surface area contributed by atoms with E-state index < -0.39 is 0 Å². The maximum Gasteiger partial charge on any atom is 0.262 e. The van der Waals surface area contributed by atoms with Gasteiger partial charge in [0.2, 0.25) is 0 Å². The van der Waals surface area contributed by atoms with Crippen LogP contribution >= 0.6 is 11.3 Å². The molecule has 4 rings (SSSR count). The molecule has 0 radical (unpaired) electrons. The Bertz CT molecular complexity index is 813. The van der Waals surface area contributed by atoms with Gasteiger partial charge >= 0.3 is 0 Å². The first-order chi connectivity index (χ1) is 11.7. The predicted molar refractivity (Wildman–Crippen MR) is 94.8 cm³/mol. The first-order valence-corrected chi connectivity index (χ1v) is 9.17. The van der Waals surface area contributed by atoms with E-state index in [1.54, 1.807) is 25.6 Å². The summed E-state index contributed by atoms with van der Waals surface area (Å²) in [5, 5.41) is 3.20. The van der Waals surface area contributed by atoms with Crippen molar-refractivity contribution in [1.29, 1.82) is 0 Å². The van der Waals surface area contributed by atoms with Crippen LogP contribution in [-0.4, -0.2) is 26.2 Å². The monoisotopic (exact) mass is 343 g/mol. The minimum atomic E-state index is 0.0763. The van der Waals surface area contributed by atoms with Gasteiger partial charge in [0.15, 0.2) is 5.76 Å². The molecule has 2 heterocycles. The van der Waals surface area contributed by atoms with Gasteiger partial charge in [-0.05, 0) is 48.1 Å². The van der Waals surface area contributed by atoms with Gasteiger partial charge in [-0.3, -0.25) is 4.79 Å². The molecule has 0 saturated carbocycles. The number of thiophene rings is 1. The molecule has 1 aromatic rings. The highest BCUT2D eigenvalue weighted by molar-refractivity contribution is 7.14. The van der Waals surface area contributed by atoms with Crippen LogP contribution in [0.5, 0.6) is 0 Å². The molecule has 4 nitrogen and oxygen atoms in total. The van der Waals surface area contributed by atoms with Crippen molar-refractivity contribution in [1.82, 2.24) is 5.32 Å². The molecular formula is C19H21NO3S. The summed E-state index contributed by atoms with van der Waals surface area (Å²) in [6.45, 7) is 2.13. The van der Waals surface area contributed by atoms with Crippen LogP contribution in [-0.2, 0) is 15.9 Å². The maximum absolute atomic E-state index is 12.5. The molecule has 3 aliphatic rings. The van der Waals surface area contributed by atoms with Crippen LogP contribution in [0.1, 0.15) is 46.3 Å².